The molecule has 9 heteroatoms. The zero-order chi connectivity index (χ0) is 11.0. The molecule has 1 heterocycles. The van der Waals surface area contributed by atoms with Gasteiger partial charge in [0.15, 0.2) is 5.43 Å². The third-order valence-electron chi connectivity index (χ3n) is 2.07. The number of hydrogen-bond donors (Lipinski definition) is 3. The maximum absolute atomic E-state index is 11.5. The number of para-hydroxylation sites is 1. The van der Waals surface area contributed by atoms with Gasteiger partial charge >= 0.3 is 23.0 Å². The first-order valence-electron chi connectivity index (χ1n) is 4.18. The van der Waals surface area contributed by atoms with E-state index in [2.05, 4.69) is 4.98 Å². The fourth-order valence-electron chi connectivity index (χ4n) is 1.37. The summed E-state index contributed by atoms with van der Waals surface area (Å²) < 4.78 is 0. The summed E-state index contributed by atoms with van der Waals surface area (Å²) in [6.45, 7) is 0. The average Bonchev–Trinajstić information content (AvgIpc) is 2.19. The number of carboxylic acids is 1. The maximum Gasteiger partial charge on any atom is 2.00 e. The Hall–Kier alpha value is -1.90. The van der Waals surface area contributed by atoms with Crippen molar-refractivity contribution in [2.75, 3.05) is 0 Å². The van der Waals surface area contributed by atoms with E-state index in [1.54, 1.807) is 0 Å². The molecule has 0 saturated carbocycles. The van der Waals surface area contributed by atoms with Crippen LogP contribution >= 0.6 is 0 Å². The summed E-state index contributed by atoms with van der Waals surface area (Å²) in [6, 6.07) is 5.40. The van der Waals surface area contributed by atoms with Crippen LogP contribution in [-0.4, -0.2) is 37.6 Å². The molecule has 0 aliphatic rings. The molecule has 0 fully saturated rings. The molecule has 2 aromatic rings. The monoisotopic (exact) mass is 322 g/mol. The van der Waals surface area contributed by atoms with Gasteiger partial charge in [-0.25, -0.2) is 4.79 Å². The van der Waals surface area contributed by atoms with Crippen LogP contribution in [0.1, 0.15) is 10.5 Å². The van der Waals surface area contributed by atoms with E-state index in [1.807, 2.05) is 0 Å². The Labute approximate surface area is 117 Å². The van der Waals surface area contributed by atoms with Gasteiger partial charge in [-0.1, -0.05) is 6.07 Å². The van der Waals surface area contributed by atoms with Gasteiger partial charge in [-0.2, -0.15) is 0 Å². The second-order valence-electron chi connectivity index (χ2n) is 3.05. The number of rotatable bonds is 1. The molecule has 8 nitrogen and oxygen atoms in total. The number of benzene rings is 1. The SMILES string of the molecule is O.O.O.O=C(O)c1cc(=O)c2cccc(O)c2[nH]1.[Cu+2]. The zero-order valence-electron chi connectivity index (χ0n) is 9.32. The molecule has 2 rings (SSSR count). The molecule has 19 heavy (non-hydrogen) atoms. The number of aromatic hydroxyl groups is 1. The molecule has 0 aliphatic heterocycles. The number of pyridine rings is 1. The minimum atomic E-state index is -1.24. The van der Waals surface area contributed by atoms with Crippen LogP contribution in [-0.2, 0) is 17.1 Å². The standard InChI is InChI=1S/C10H7NO4.Cu.3H2O/c12-7-3-1-2-5-8(13)4-6(10(14)15)11-9(5)7;;;;/h1-4,12H,(H,11,13)(H,14,15);;3*1H2/q;+2;;;. The predicted octanol–water partition coefficient (Wildman–Crippen LogP) is -1.54. The number of H-pyrrole nitrogens is 1. The van der Waals surface area contributed by atoms with E-state index in [4.69, 9.17) is 5.11 Å². The van der Waals surface area contributed by atoms with E-state index in [1.165, 1.54) is 18.2 Å². The summed E-state index contributed by atoms with van der Waals surface area (Å²) in [5.74, 6) is -1.38. The Morgan fingerprint density at radius 2 is 1.74 bits per heavy atom. The van der Waals surface area contributed by atoms with Crippen molar-refractivity contribution < 1.29 is 48.5 Å². The van der Waals surface area contributed by atoms with Crippen molar-refractivity contribution in [1.82, 2.24) is 4.98 Å². The molecule has 1 aromatic carbocycles. The van der Waals surface area contributed by atoms with Crippen LogP contribution in [0.2, 0.25) is 0 Å². The third kappa shape index (κ3) is 4.05. The number of nitrogens with one attached hydrogen (secondary N) is 1. The summed E-state index contributed by atoms with van der Waals surface area (Å²) in [5, 5.41) is 18.4. The molecule has 0 bridgehead atoms. The number of carbonyl (C=O) groups is 1. The molecular formula is C10H13CuNO7+2. The van der Waals surface area contributed by atoms with Crippen molar-refractivity contribution in [1.29, 1.82) is 0 Å². The third-order valence-corrected chi connectivity index (χ3v) is 2.07. The molecule has 0 spiro atoms. The number of aromatic nitrogens is 1. The fraction of sp³-hybridized carbons (Fsp3) is 0. The van der Waals surface area contributed by atoms with E-state index < -0.39 is 11.4 Å². The van der Waals surface area contributed by atoms with Gasteiger partial charge in [0.2, 0.25) is 0 Å². The fourth-order valence-corrected chi connectivity index (χ4v) is 1.37. The van der Waals surface area contributed by atoms with Gasteiger partial charge in [0.1, 0.15) is 11.4 Å². The van der Waals surface area contributed by atoms with Gasteiger partial charge in [-0.15, -0.1) is 0 Å². The van der Waals surface area contributed by atoms with Crippen LogP contribution in [0, 0.1) is 0 Å². The first-order chi connectivity index (χ1) is 7.09. The van der Waals surface area contributed by atoms with Gasteiger partial charge < -0.3 is 31.6 Å². The molecule has 1 radical (unpaired) electrons. The predicted molar refractivity (Wildman–Crippen MR) is 64.0 cm³/mol. The van der Waals surface area contributed by atoms with Crippen LogP contribution in [0.25, 0.3) is 10.9 Å². The second kappa shape index (κ2) is 8.25. The van der Waals surface area contributed by atoms with Gasteiger partial charge in [0.05, 0.1) is 5.52 Å². The smallest absolute Gasteiger partial charge is 0.506 e. The van der Waals surface area contributed by atoms with E-state index in [0.717, 1.165) is 6.07 Å². The van der Waals surface area contributed by atoms with E-state index in [9.17, 15) is 14.7 Å². The Bertz CT molecular complexity index is 610. The van der Waals surface area contributed by atoms with E-state index in [0.29, 0.717) is 0 Å². The largest absolute Gasteiger partial charge is 2.00 e. The summed E-state index contributed by atoms with van der Waals surface area (Å²) in [5.41, 5.74) is -0.534. The summed E-state index contributed by atoms with van der Waals surface area (Å²) in [6.07, 6.45) is 0. The van der Waals surface area contributed by atoms with Crippen molar-refractivity contribution in [2.45, 2.75) is 0 Å². The number of carboxylic acid groups (broad SMARTS) is 1. The van der Waals surface area contributed by atoms with Crippen LogP contribution in [0.5, 0.6) is 5.75 Å². The Balaban J connectivity index is -0.000000640. The molecular weight excluding hydrogens is 310 g/mol. The molecule has 109 valence electrons. The average molecular weight is 323 g/mol. The van der Waals surface area contributed by atoms with Crippen LogP contribution in [0.4, 0.5) is 0 Å². The number of phenols is 1. The minimum absolute atomic E-state index is 0. The minimum Gasteiger partial charge on any atom is -0.506 e. The van der Waals surface area contributed by atoms with Gasteiger partial charge in [-0.05, 0) is 12.1 Å². The quantitative estimate of drug-likeness (QED) is 0.537. The molecule has 0 unspecified atom stereocenters. The molecule has 0 aliphatic carbocycles. The van der Waals surface area contributed by atoms with Crippen LogP contribution < -0.4 is 5.43 Å². The van der Waals surface area contributed by atoms with Gasteiger partial charge in [0.25, 0.3) is 0 Å². The molecule has 9 N–H and O–H groups in total. The number of phenolic OH excluding ortho intramolecular Hbond substituents is 1. The van der Waals surface area contributed by atoms with E-state index in [-0.39, 0.29) is 55.8 Å². The van der Waals surface area contributed by atoms with Crippen molar-refractivity contribution >= 4 is 16.9 Å². The van der Waals surface area contributed by atoms with Crippen molar-refractivity contribution in [3.63, 3.8) is 0 Å². The summed E-state index contributed by atoms with van der Waals surface area (Å²) in [4.78, 5) is 24.6. The number of hydrogen-bond acceptors (Lipinski definition) is 3. The Morgan fingerprint density at radius 3 is 2.26 bits per heavy atom. The zero-order valence-corrected chi connectivity index (χ0v) is 10.3. The first-order valence-corrected chi connectivity index (χ1v) is 4.18. The normalized spacial score (nSPS) is 8.21. The molecule has 1 aromatic heterocycles. The number of aromatic amines is 1. The Morgan fingerprint density at radius 1 is 1.16 bits per heavy atom. The molecule has 0 amide bonds. The second-order valence-corrected chi connectivity index (χ2v) is 3.05. The maximum atomic E-state index is 11.5. The molecule has 0 saturated heterocycles. The van der Waals surface area contributed by atoms with Gasteiger partial charge in [-0.3, -0.25) is 4.79 Å². The van der Waals surface area contributed by atoms with Gasteiger partial charge in [0, 0.05) is 11.5 Å². The Kier molecular flexibility index (Phi) is 9.67. The summed E-state index contributed by atoms with van der Waals surface area (Å²) >= 11 is 0. The summed E-state index contributed by atoms with van der Waals surface area (Å²) in [7, 11) is 0. The van der Waals surface area contributed by atoms with E-state index >= 15 is 0 Å². The number of fused-ring (bicyclic) bond motifs is 1. The first kappa shape index (κ1) is 22.3. The van der Waals surface area contributed by atoms with Crippen molar-refractivity contribution in [3.8, 4) is 5.75 Å². The van der Waals surface area contributed by atoms with Crippen LogP contribution in [0.3, 0.4) is 0 Å². The van der Waals surface area contributed by atoms with Crippen molar-refractivity contribution in [3.05, 3.63) is 40.2 Å². The van der Waals surface area contributed by atoms with Crippen LogP contribution in [0.15, 0.2) is 29.1 Å². The van der Waals surface area contributed by atoms with Crippen molar-refractivity contribution in [2.24, 2.45) is 0 Å². The number of aromatic carboxylic acids is 1. The molecule has 0 atom stereocenters. The topological polar surface area (TPSA) is 185 Å².